The molecule has 1 saturated carbocycles. The van der Waals surface area contributed by atoms with Gasteiger partial charge in [-0.25, -0.2) is 4.99 Å². The third-order valence-electron chi connectivity index (χ3n) is 4.16. The van der Waals surface area contributed by atoms with E-state index < -0.39 is 0 Å². The first-order valence-electron chi connectivity index (χ1n) is 8.14. The maximum absolute atomic E-state index is 5.96. The standard InChI is InChI=1S/C17H23ClN6.HI/c1-12-21-22-16(24(12)3)10-19-17(20-15-8-9-15)23(2)11-13-4-6-14(18)7-5-13;/h4-7,15H,8-11H2,1-3H3,(H,19,20);1H. The summed E-state index contributed by atoms with van der Waals surface area (Å²) in [5, 5.41) is 12.5. The number of rotatable bonds is 5. The minimum atomic E-state index is 0. The zero-order chi connectivity index (χ0) is 17.1. The Kier molecular flexibility index (Phi) is 7.06. The van der Waals surface area contributed by atoms with Gasteiger partial charge in [0, 0.05) is 31.7 Å². The quantitative estimate of drug-likeness (QED) is 0.411. The largest absolute Gasteiger partial charge is 0.353 e. The molecule has 1 heterocycles. The van der Waals surface area contributed by atoms with Crippen LogP contribution in [-0.2, 0) is 20.1 Å². The second-order valence-corrected chi connectivity index (χ2v) is 6.70. The van der Waals surface area contributed by atoms with Crippen LogP contribution in [0.4, 0.5) is 0 Å². The summed E-state index contributed by atoms with van der Waals surface area (Å²) >= 11 is 5.96. The van der Waals surface area contributed by atoms with Crippen molar-refractivity contribution in [3.63, 3.8) is 0 Å². The van der Waals surface area contributed by atoms with Crippen molar-refractivity contribution >= 4 is 41.5 Å². The minimum absolute atomic E-state index is 0. The molecular weight excluding hydrogens is 451 g/mol. The number of guanidine groups is 1. The Hall–Kier alpha value is -1.35. The van der Waals surface area contributed by atoms with Gasteiger partial charge in [-0.05, 0) is 37.5 Å². The van der Waals surface area contributed by atoms with Crippen LogP contribution < -0.4 is 5.32 Å². The number of hydrogen-bond acceptors (Lipinski definition) is 3. The summed E-state index contributed by atoms with van der Waals surface area (Å²) in [4.78, 5) is 6.87. The van der Waals surface area contributed by atoms with E-state index in [4.69, 9.17) is 16.6 Å². The van der Waals surface area contributed by atoms with Crippen molar-refractivity contribution in [1.82, 2.24) is 25.0 Å². The van der Waals surface area contributed by atoms with Crippen LogP contribution in [0.15, 0.2) is 29.3 Å². The van der Waals surface area contributed by atoms with Crippen LogP contribution in [0.1, 0.15) is 30.1 Å². The summed E-state index contributed by atoms with van der Waals surface area (Å²) in [6.45, 7) is 3.22. The Balaban J connectivity index is 0.00000225. The van der Waals surface area contributed by atoms with Gasteiger partial charge in [0.1, 0.15) is 12.4 Å². The van der Waals surface area contributed by atoms with Crippen LogP contribution in [-0.4, -0.2) is 38.7 Å². The first-order valence-corrected chi connectivity index (χ1v) is 8.52. The lowest BCUT2D eigenvalue weighted by Gasteiger charge is -2.22. The molecular formula is C17H24ClIN6. The summed E-state index contributed by atoms with van der Waals surface area (Å²) < 4.78 is 1.97. The lowest BCUT2D eigenvalue weighted by Crippen LogP contribution is -2.39. The molecule has 1 aromatic heterocycles. The zero-order valence-corrected chi connectivity index (χ0v) is 17.8. The maximum atomic E-state index is 5.96. The maximum Gasteiger partial charge on any atom is 0.194 e. The van der Waals surface area contributed by atoms with Crippen molar-refractivity contribution in [3.05, 3.63) is 46.5 Å². The molecule has 0 amide bonds. The van der Waals surface area contributed by atoms with Crippen LogP contribution >= 0.6 is 35.6 Å². The fraction of sp³-hybridized carbons (Fsp3) is 0.471. The van der Waals surface area contributed by atoms with Crippen LogP contribution in [0.3, 0.4) is 0 Å². The number of nitrogens with one attached hydrogen (secondary N) is 1. The molecule has 0 unspecified atom stereocenters. The highest BCUT2D eigenvalue weighted by Gasteiger charge is 2.24. The summed E-state index contributed by atoms with van der Waals surface area (Å²) in [7, 11) is 4.01. The summed E-state index contributed by atoms with van der Waals surface area (Å²) in [6.07, 6.45) is 2.41. The third kappa shape index (κ3) is 5.57. The first kappa shape index (κ1) is 20.0. The van der Waals surface area contributed by atoms with E-state index in [2.05, 4.69) is 20.4 Å². The second kappa shape index (κ2) is 8.84. The molecule has 3 rings (SSSR count). The number of nitrogens with zero attached hydrogens (tertiary/aromatic N) is 5. The van der Waals surface area contributed by atoms with E-state index in [-0.39, 0.29) is 24.0 Å². The molecule has 2 aromatic rings. The number of aromatic nitrogens is 3. The first-order chi connectivity index (χ1) is 11.5. The van der Waals surface area contributed by atoms with Gasteiger partial charge in [-0.15, -0.1) is 34.2 Å². The average Bonchev–Trinajstić information content (AvgIpc) is 3.33. The highest BCUT2D eigenvalue weighted by molar-refractivity contribution is 14.0. The lowest BCUT2D eigenvalue weighted by molar-refractivity contribution is 0.473. The molecule has 0 aliphatic heterocycles. The van der Waals surface area contributed by atoms with E-state index in [1.54, 1.807) is 0 Å². The average molecular weight is 475 g/mol. The zero-order valence-electron chi connectivity index (χ0n) is 14.7. The molecule has 6 nitrogen and oxygen atoms in total. The summed E-state index contributed by atoms with van der Waals surface area (Å²) in [6, 6.07) is 8.45. The van der Waals surface area contributed by atoms with Crippen LogP contribution in [0.25, 0.3) is 0 Å². The van der Waals surface area contributed by atoms with Crippen molar-refractivity contribution in [2.24, 2.45) is 12.0 Å². The van der Waals surface area contributed by atoms with Gasteiger partial charge in [-0.1, -0.05) is 23.7 Å². The van der Waals surface area contributed by atoms with E-state index in [1.165, 1.54) is 18.4 Å². The van der Waals surface area contributed by atoms with Gasteiger partial charge in [0.2, 0.25) is 0 Å². The van der Waals surface area contributed by atoms with Crippen molar-refractivity contribution in [1.29, 1.82) is 0 Å². The van der Waals surface area contributed by atoms with Gasteiger partial charge in [-0.2, -0.15) is 0 Å². The number of aliphatic imine (C=N–C) groups is 1. The lowest BCUT2D eigenvalue weighted by atomic mass is 10.2. The SMILES string of the molecule is Cc1nnc(CN=C(NC2CC2)N(C)Cc2ccc(Cl)cc2)n1C.I. The van der Waals surface area contributed by atoms with E-state index in [1.807, 2.05) is 49.9 Å². The molecule has 1 aromatic carbocycles. The second-order valence-electron chi connectivity index (χ2n) is 6.26. The smallest absolute Gasteiger partial charge is 0.194 e. The van der Waals surface area contributed by atoms with Crippen molar-refractivity contribution in [2.45, 2.75) is 38.9 Å². The molecule has 1 aliphatic carbocycles. The fourth-order valence-corrected chi connectivity index (χ4v) is 2.49. The summed E-state index contributed by atoms with van der Waals surface area (Å²) in [5.74, 6) is 2.65. The van der Waals surface area contributed by atoms with E-state index in [0.29, 0.717) is 12.6 Å². The van der Waals surface area contributed by atoms with E-state index >= 15 is 0 Å². The molecule has 0 spiro atoms. The predicted molar refractivity (Wildman–Crippen MR) is 111 cm³/mol. The number of benzene rings is 1. The summed E-state index contributed by atoms with van der Waals surface area (Å²) in [5.41, 5.74) is 1.20. The Morgan fingerprint density at radius 1 is 1.32 bits per heavy atom. The topological polar surface area (TPSA) is 58.3 Å². The van der Waals surface area contributed by atoms with E-state index in [9.17, 15) is 0 Å². The normalized spacial score (nSPS) is 14.2. The molecule has 1 aliphatic rings. The van der Waals surface area contributed by atoms with Gasteiger partial charge < -0.3 is 14.8 Å². The molecule has 8 heteroatoms. The Morgan fingerprint density at radius 3 is 2.56 bits per heavy atom. The molecule has 136 valence electrons. The molecule has 25 heavy (non-hydrogen) atoms. The predicted octanol–water partition coefficient (Wildman–Crippen LogP) is 3.13. The van der Waals surface area contributed by atoms with Crippen molar-refractivity contribution in [3.8, 4) is 0 Å². The molecule has 0 radical (unpaired) electrons. The van der Waals surface area contributed by atoms with Gasteiger partial charge in [-0.3, -0.25) is 0 Å². The third-order valence-corrected chi connectivity index (χ3v) is 4.41. The van der Waals surface area contributed by atoms with Crippen LogP contribution in [0.5, 0.6) is 0 Å². The Bertz CT molecular complexity index is 723. The monoisotopic (exact) mass is 474 g/mol. The number of aryl methyl sites for hydroxylation is 1. The molecule has 1 N–H and O–H groups in total. The van der Waals surface area contributed by atoms with Crippen molar-refractivity contribution in [2.75, 3.05) is 7.05 Å². The van der Waals surface area contributed by atoms with Gasteiger partial charge in [0.15, 0.2) is 11.8 Å². The Morgan fingerprint density at radius 2 is 2.00 bits per heavy atom. The highest BCUT2D eigenvalue weighted by atomic mass is 127. The molecule has 0 saturated heterocycles. The van der Waals surface area contributed by atoms with E-state index in [0.717, 1.165) is 29.2 Å². The highest BCUT2D eigenvalue weighted by Crippen LogP contribution is 2.19. The molecule has 0 bridgehead atoms. The van der Waals surface area contributed by atoms with Gasteiger partial charge in [0.25, 0.3) is 0 Å². The van der Waals surface area contributed by atoms with Crippen molar-refractivity contribution < 1.29 is 0 Å². The Labute approximate surface area is 170 Å². The van der Waals surface area contributed by atoms with Crippen LogP contribution in [0.2, 0.25) is 5.02 Å². The number of halogens is 2. The number of hydrogen-bond donors (Lipinski definition) is 1. The minimum Gasteiger partial charge on any atom is -0.353 e. The van der Waals surface area contributed by atoms with Gasteiger partial charge in [0.05, 0.1) is 0 Å². The fourth-order valence-electron chi connectivity index (χ4n) is 2.36. The molecule has 1 fully saturated rings. The van der Waals surface area contributed by atoms with Crippen LogP contribution in [0, 0.1) is 6.92 Å². The van der Waals surface area contributed by atoms with Gasteiger partial charge >= 0.3 is 0 Å². The molecule has 0 atom stereocenters.